The molecule has 3 heterocycles. The molecule has 2 aromatic carbocycles. The number of benzene rings is 2. The van der Waals surface area contributed by atoms with Crippen LogP contribution in [-0.4, -0.2) is 53.6 Å². The third kappa shape index (κ3) is 5.07. The molecule has 0 spiro atoms. The van der Waals surface area contributed by atoms with Crippen molar-refractivity contribution in [3.63, 3.8) is 0 Å². The Balaban J connectivity index is 1.60. The zero-order chi connectivity index (χ0) is 31.4. The number of alkyl halides is 6. The summed E-state index contributed by atoms with van der Waals surface area (Å²) in [6, 6.07) is 11.9. The number of methoxy groups -OCH3 is 1. The molecule has 1 aliphatic heterocycles. The largest absolute Gasteiger partial charge is 0.496 e. The van der Waals surface area contributed by atoms with E-state index in [4.69, 9.17) is 15.2 Å². The van der Waals surface area contributed by atoms with Crippen molar-refractivity contribution in [1.82, 2.24) is 15.3 Å². The summed E-state index contributed by atoms with van der Waals surface area (Å²) >= 11 is 0. The van der Waals surface area contributed by atoms with Crippen LogP contribution in [0.15, 0.2) is 60.7 Å². The van der Waals surface area contributed by atoms with Crippen LogP contribution in [0.1, 0.15) is 21.7 Å². The van der Waals surface area contributed by atoms with E-state index in [2.05, 4.69) is 9.97 Å². The molecule has 4 N–H and O–H groups in total. The SMILES string of the molecule is COc1cc(C(=O)NCC(O)(c2cc3c(c(-c4ccc(F)cc4)n2)OC[C@@]3(N)C(F)(F)F)C(F)(F)F)nc2ccccc12. The summed E-state index contributed by atoms with van der Waals surface area (Å²) in [5.41, 5.74) is -4.67. The number of nitrogens with two attached hydrogens (primary N) is 1. The van der Waals surface area contributed by atoms with E-state index in [-0.39, 0.29) is 22.5 Å². The lowest BCUT2D eigenvalue weighted by atomic mass is 9.87. The smallest absolute Gasteiger partial charge is 0.424 e. The maximum atomic E-state index is 14.5. The highest BCUT2D eigenvalue weighted by molar-refractivity contribution is 5.97. The Morgan fingerprint density at radius 3 is 2.37 bits per heavy atom. The number of amides is 1. The number of carbonyl (C=O) groups excluding carboxylic acids is 1. The van der Waals surface area contributed by atoms with Crippen LogP contribution >= 0.6 is 0 Å². The fraction of sp³-hybridized carbons (Fsp3) is 0.250. The quantitative estimate of drug-likeness (QED) is 0.270. The second-order valence-corrected chi connectivity index (χ2v) is 9.77. The van der Waals surface area contributed by atoms with Crippen LogP contribution in [0.3, 0.4) is 0 Å². The van der Waals surface area contributed by atoms with Crippen LogP contribution in [0.4, 0.5) is 30.7 Å². The molecule has 2 aromatic heterocycles. The summed E-state index contributed by atoms with van der Waals surface area (Å²) in [7, 11) is 1.31. The van der Waals surface area contributed by atoms with E-state index in [1.165, 1.54) is 19.2 Å². The monoisotopic (exact) mass is 610 g/mol. The zero-order valence-electron chi connectivity index (χ0n) is 22.0. The van der Waals surface area contributed by atoms with E-state index < -0.39 is 71.1 Å². The van der Waals surface area contributed by atoms with Gasteiger partial charge in [-0.15, -0.1) is 0 Å². The molecule has 4 aromatic rings. The van der Waals surface area contributed by atoms with E-state index in [0.717, 1.165) is 24.3 Å². The first kappa shape index (κ1) is 30.0. The number of carbonyl (C=O) groups is 1. The molecule has 0 aliphatic carbocycles. The van der Waals surface area contributed by atoms with Gasteiger partial charge in [0.15, 0.2) is 11.3 Å². The fourth-order valence-corrected chi connectivity index (χ4v) is 4.59. The molecule has 1 unspecified atom stereocenters. The predicted octanol–water partition coefficient (Wildman–Crippen LogP) is 4.73. The van der Waals surface area contributed by atoms with E-state index in [1.807, 2.05) is 5.32 Å². The number of hydrogen-bond acceptors (Lipinski definition) is 7. The summed E-state index contributed by atoms with van der Waals surface area (Å²) < 4.78 is 110. The van der Waals surface area contributed by atoms with Crippen LogP contribution in [0.2, 0.25) is 0 Å². The molecule has 5 rings (SSSR count). The first-order valence-corrected chi connectivity index (χ1v) is 12.4. The van der Waals surface area contributed by atoms with E-state index >= 15 is 0 Å². The first-order chi connectivity index (χ1) is 20.1. The average molecular weight is 610 g/mol. The molecule has 226 valence electrons. The van der Waals surface area contributed by atoms with Crippen molar-refractivity contribution in [1.29, 1.82) is 0 Å². The van der Waals surface area contributed by atoms with Crippen LogP contribution in [-0.2, 0) is 11.1 Å². The van der Waals surface area contributed by atoms with Gasteiger partial charge in [0.05, 0.1) is 24.9 Å². The number of hydrogen-bond donors (Lipinski definition) is 3. The van der Waals surface area contributed by atoms with Gasteiger partial charge in [0, 0.05) is 22.6 Å². The molecule has 0 bridgehead atoms. The van der Waals surface area contributed by atoms with Crippen molar-refractivity contribution in [2.24, 2.45) is 5.73 Å². The number of pyridine rings is 2. The number of rotatable bonds is 6. The van der Waals surface area contributed by atoms with Gasteiger partial charge in [-0.25, -0.2) is 14.4 Å². The number of nitrogens with zero attached hydrogens (tertiary/aromatic N) is 2. The van der Waals surface area contributed by atoms with Crippen LogP contribution < -0.4 is 20.5 Å². The normalized spacial score (nSPS) is 18.1. The maximum absolute atomic E-state index is 14.5. The molecule has 43 heavy (non-hydrogen) atoms. The summed E-state index contributed by atoms with van der Waals surface area (Å²) in [6.07, 6.45) is -10.8. The fourth-order valence-electron chi connectivity index (χ4n) is 4.59. The van der Waals surface area contributed by atoms with E-state index in [9.17, 15) is 40.6 Å². The highest BCUT2D eigenvalue weighted by Gasteiger charge is 2.61. The molecular weight excluding hydrogens is 589 g/mol. The molecular formula is C28H21F7N4O4. The molecule has 1 amide bonds. The molecule has 8 nitrogen and oxygen atoms in total. The van der Waals surface area contributed by atoms with Crippen molar-refractivity contribution < 1.29 is 50.1 Å². The molecule has 1 aliphatic rings. The Labute approximate surface area is 238 Å². The van der Waals surface area contributed by atoms with Gasteiger partial charge >= 0.3 is 12.4 Å². The number of aliphatic hydroxyl groups is 1. The van der Waals surface area contributed by atoms with Gasteiger partial charge in [0.25, 0.3) is 5.91 Å². The number of halogens is 7. The molecule has 15 heteroatoms. The molecule has 0 saturated carbocycles. The van der Waals surface area contributed by atoms with Crippen molar-refractivity contribution in [2.45, 2.75) is 23.5 Å². The number of fused-ring (bicyclic) bond motifs is 2. The number of aromatic nitrogens is 2. The van der Waals surface area contributed by atoms with Crippen molar-refractivity contribution in [2.75, 3.05) is 20.3 Å². The lowest BCUT2D eigenvalue weighted by Gasteiger charge is -2.32. The molecule has 0 saturated heterocycles. The van der Waals surface area contributed by atoms with Gasteiger partial charge in [-0.2, -0.15) is 26.3 Å². The molecule has 0 fully saturated rings. The standard InChI is InChI=1S/C28H21F7N4O4/c1-42-20-11-19(38-18-5-3-2-4-16(18)20)24(40)37-12-26(41,28(33,34)35)21-10-17-23(43-13-25(17,36)27(30,31)32)22(39-21)14-6-8-15(29)9-7-14/h2-11,41H,12-13,36H2,1H3,(H,37,40)/t25-,26?/m0/s1. The minimum atomic E-state index is -5.58. The minimum absolute atomic E-state index is 0.119. The molecule has 0 radical (unpaired) electrons. The Morgan fingerprint density at radius 2 is 1.74 bits per heavy atom. The van der Waals surface area contributed by atoms with Gasteiger partial charge in [-0.3, -0.25) is 4.79 Å². The first-order valence-electron chi connectivity index (χ1n) is 12.4. The van der Waals surface area contributed by atoms with E-state index in [0.29, 0.717) is 11.5 Å². The summed E-state index contributed by atoms with van der Waals surface area (Å²) in [5, 5.41) is 13.5. The Kier molecular flexibility index (Phi) is 7.21. The van der Waals surface area contributed by atoms with Gasteiger partial charge < -0.3 is 25.6 Å². The Hall–Kier alpha value is -4.50. The summed E-state index contributed by atoms with van der Waals surface area (Å²) in [6.45, 7) is -2.77. The third-order valence-corrected chi connectivity index (χ3v) is 7.05. The van der Waals surface area contributed by atoms with Crippen LogP contribution in [0.5, 0.6) is 11.5 Å². The lowest BCUT2D eigenvalue weighted by molar-refractivity contribution is -0.265. The van der Waals surface area contributed by atoms with Crippen LogP contribution in [0, 0.1) is 5.82 Å². The maximum Gasteiger partial charge on any atom is 0.424 e. The highest BCUT2D eigenvalue weighted by Crippen LogP contribution is 2.51. The van der Waals surface area contributed by atoms with Crippen molar-refractivity contribution >= 4 is 16.8 Å². The second-order valence-electron chi connectivity index (χ2n) is 9.77. The van der Waals surface area contributed by atoms with Gasteiger partial charge in [0.2, 0.25) is 5.60 Å². The average Bonchev–Trinajstić information content (AvgIpc) is 3.32. The van der Waals surface area contributed by atoms with Crippen molar-refractivity contribution in [3.05, 3.63) is 83.4 Å². The van der Waals surface area contributed by atoms with Crippen LogP contribution in [0.25, 0.3) is 22.2 Å². The summed E-state index contributed by atoms with van der Waals surface area (Å²) in [4.78, 5) is 20.9. The highest BCUT2D eigenvalue weighted by atomic mass is 19.4. The minimum Gasteiger partial charge on any atom is -0.496 e. The molecule has 2 atom stereocenters. The topological polar surface area (TPSA) is 120 Å². The number of para-hydroxylation sites is 1. The van der Waals surface area contributed by atoms with Gasteiger partial charge in [0.1, 0.15) is 29.6 Å². The number of nitrogens with one attached hydrogen (secondary N) is 1. The lowest BCUT2D eigenvalue weighted by Crippen LogP contribution is -2.53. The predicted molar refractivity (Wildman–Crippen MR) is 138 cm³/mol. The van der Waals surface area contributed by atoms with Gasteiger partial charge in [-0.05, 0) is 42.5 Å². The van der Waals surface area contributed by atoms with Gasteiger partial charge in [-0.1, -0.05) is 12.1 Å². The number of ether oxygens (including phenoxy) is 2. The van der Waals surface area contributed by atoms with Crippen molar-refractivity contribution in [3.8, 4) is 22.8 Å². The Morgan fingerprint density at radius 1 is 1.07 bits per heavy atom. The van der Waals surface area contributed by atoms with E-state index in [1.54, 1.807) is 18.2 Å². The second kappa shape index (κ2) is 10.3. The summed E-state index contributed by atoms with van der Waals surface area (Å²) in [5.74, 6) is -2.29. The third-order valence-electron chi connectivity index (χ3n) is 7.05. The zero-order valence-corrected chi connectivity index (χ0v) is 22.0. The Bertz CT molecular complexity index is 1710.